The van der Waals surface area contributed by atoms with Gasteiger partial charge in [-0.15, -0.1) is 23.2 Å². The Hall–Kier alpha value is -0.480. The molecule has 0 aliphatic carbocycles. The first kappa shape index (κ1) is 16.6. The van der Waals surface area contributed by atoms with Crippen LogP contribution in [0.5, 0.6) is 0 Å². The van der Waals surface area contributed by atoms with Crippen LogP contribution < -0.4 is 16.8 Å². The van der Waals surface area contributed by atoms with Gasteiger partial charge in [-0.2, -0.15) is 0 Å². The van der Waals surface area contributed by atoms with Gasteiger partial charge in [0.25, 0.3) is 0 Å². The summed E-state index contributed by atoms with van der Waals surface area (Å²) in [7, 11) is 0. The monoisotopic (exact) mass is 303 g/mol. The Balaban J connectivity index is 2.73. The van der Waals surface area contributed by atoms with Crippen LogP contribution in [0, 0.1) is 5.92 Å². The van der Waals surface area contributed by atoms with E-state index in [2.05, 4.69) is 11.4 Å². The first-order valence-electron chi connectivity index (χ1n) is 6.67. The Morgan fingerprint density at radius 2 is 1.95 bits per heavy atom. The van der Waals surface area contributed by atoms with Gasteiger partial charge in [0.1, 0.15) is 4.33 Å². The van der Waals surface area contributed by atoms with E-state index in [0.29, 0.717) is 25.9 Å². The minimum Gasteiger partial charge on any atom is -0.365 e. The molecule has 0 aromatic carbocycles. The predicted molar refractivity (Wildman–Crippen MR) is 84.0 cm³/mol. The molecule has 0 saturated carbocycles. The third-order valence-corrected chi connectivity index (χ3v) is 3.78. The van der Waals surface area contributed by atoms with Crippen molar-refractivity contribution in [3.8, 4) is 0 Å². The first-order chi connectivity index (χ1) is 9.09. The molecule has 19 heavy (non-hydrogen) atoms. The summed E-state index contributed by atoms with van der Waals surface area (Å²) in [4.78, 5) is 0. The molecule has 1 unspecified atom stereocenters. The molecule has 0 fully saturated rings. The van der Waals surface area contributed by atoms with Gasteiger partial charge < -0.3 is 16.8 Å². The zero-order valence-corrected chi connectivity index (χ0v) is 12.6. The summed E-state index contributed by atoms with van der Waals surface area (Å²) < 4.78 is -0.781. The van der Waals surface area contributed by atoms with Crippen molar-refractivity contribution in [2.75, 3.05) is 13.1 Å². The maximum atomic E-state index is 6.33. The first-order valence-corrected chi connectivity index (χ1v) is 7.42. The number of halogens is 2. The number of hydrogen-bond acceptors (Lipinski definition) is 3. The number of nitrogens with one attached hydrogen (secondary N) is 1. The van der Waals surface area contributed by atoms with Crippen LogP contribution in [0.3, 0.4) is 0 Å². The second-order valence-corrected chi connectivity index (χ2v) is 6.38. The minimum absolute atomic E-state index is 0.262. The van der Waals surface area contributed by atoms with E-state index < -0.39 is 4.33 Å². The van der Waals surface area contributed by atoms with Crippen molar-refractivity contribution in [3.05, 3.63) is 36.2 Å². The molecule has 5 N–H and O–H groups in total. The molecule has 3 nitrogen and oxygen atoms in total. The van der Waals surface area contributed by atoms with E-state index in [4.69, 9.17) is 34.7 Å². The number of alkyl halides is 2. The largest absolute Gasteiger partial charge is 0.365 e. The Labute approximate surface area is 125 Å². The van der Waals surface area contributed by atoms with Crippen LogP contribution in [0.4, 0.5) is 0 Å². The molecule has 0 aromatic heterocycles. The molecule has 1 aliphatic heterocycles. The van der Waals surface area contributed by atoms with Crippen LogP contribution >= 0.6 is 23.2 Å². The normalized spacial score (nSPS) is 16.7. The topological polar surface area (TPSA) is 64.1 Å². The quantitative estimate of drug-likeness (QED) is 0.604. The van der Waals surface area contributed by atoms with E-state index in [-0.39, 0.29) is 5.92 Å². The summed E-state index contributed by atoms with van der Waals surface area (Å²) in [6.45, 7) is 1.16. The van der Waals surface area contributed by atoms with Gasteiger partial charge in [-0.3, -0.25) is 0 Å². The molecule has 0 spiro atoms. The van der Waals surface area contributed by atoms with Crippen molar-refractivity contribution in [2.45, 2.75) is 30.0 Å². The summed E-state index contributed by atoms with van der Waals surface area (Å²) in [6, 6.07) is 0. The van der Waals surface area contributed by atoms with Gasteiger partial charge >= 0.3 is 0 Å². The highest BCUT2D eigenvalue weighted by Gasteiger charge is 2.29. The fourth-order valence-electron chi connectivity index (χ4n) is 2.13. The molecule has 0 bridgehead atoms. The highest BCUT2D eigenvalue weighted by atomic mass is 35.5. The summed E-state index contributed by atoms with van der Waals surface area (Å²) in [5.41, 5.74) is 12.3. The lowest BCUT2D eigenvalue weighted by atomic mass is 9.92. The summed E-state index contributed by atoms with van der Waals surface area (Å²) in [5.74, 6) is 0.262. The lowest BCUT2D eigenvalue weighted by Gasteiger charge is -2.27. The van der Waals surface area contributed by atoms with E-state index in [1.807, 2.05) is 24.4 Å². The average molecular weight is 304 g/mol. The van der Waals surface area contributed by atoms with E-state index in [1.165, 1.54) is 0 Å². The molecule has 0 amide bonds. The van der Waals surface area contributed by atoms with Crippen molar-refractivity contribution < 1.29 is 0 Å². The minimum atomic E-state index is -0.781. The van der Waals surface area contributed by atoms with E-state index >= 15 is 0 Å². The molecule has 1 heterocycles. The van der Waals surface area contributed by atoms with Crippen molar-refractivity contribution in [3.63, 3.8) is 0 Å². The zero-order valence-electron chi connectivity index (χ0n) is 11.1. The van der Waals surface area contributed by atoms with Gasteiger partial charge in [0.05, 0.1) is 0 Å². The summed E-state index contributed by atoms with van der Waals surface area (Å²) >= 11 is 12.7. The number of allylic oxidation sites excluding steroid dienone is 5. The zero-order chi connectivity index (χ0) is 14.1. The maximum Gasteiger partial charge on any atom is 0.120 e. The van der Waals surface area contributed by atoms with Crippen molar-refractivity contribution in [2.24, 2.45) is 17.4 Å². The molecular formula is C14H23Cl2N3. The molecular weight excluding hydrogens is 281 g/mol. The Morgan fingerprint density at radius 3 is 2.63 bits per heavy atom. The number of hydrogen-bond donors (Lipinski definition) is 3. The van der Waals surface area contributed by atoms with Crippen LogP contribution in [0.25, 0.3) is 0 Å². The molecule has 1 rings (SSSR count). The summed E-state index contributed by atoms with van der Waals surface area (Å²) in [6.07, 6.45) is 13.1. The Bertz CT molecular complexity index is 349. The Kier molecular flexibility index (Phi) is 7.54. The fourth-order valence-corrected chi connectivity index (χ4v) is 2.72. The molecule has 1 atom stereocenters. The molecule has 0 aromatic rings. The molecule has 108 valence electrons. The highest BCUT2D eigenvalue weighted by Crippen LogP contribution is 2.36. The predicted octanol–water partition coefficient (Wildman–Crippen LogP) is 2.81. The van der Waals surface area contributed by atoms with Gasteiger partial charge in [0, 0.05) is 17.8 Å². The fraction of sp³-hybridized carbons (Fsp3) is 0.571. The van der Waals surface area contributed by atoms with Gasteiger partial charge in [-0.05, 0) is 50.9 Å². The molecule has 0 saturated heterocycles. The SMILES string of the molecule is NCCCC(CC(Cl)(Cl)CCN)C1=CC=CC=CN1. The smallest absolute Gasteiger partial charge is 0.120 e. The molecule has 1 aliphatic rings. The third-order valence-electron chi connectivity index (χ3n) is 3.10. The third kappa shape index (κ3) is 6.48. The Morgan fingerprint density at radius 1 is 1.16 bits per heavy atom. The van der Waals surface area contributed by atoms with Gasteiger partial charge in [0.2, 0.25) is 0 Å². The number of nitrogens with two attached hydrogens (primary N) is 2. The van der Waals surface area contributed by atoms with Gasteiger partial charge in [-0.1, -0.05) is 12.2 Å². The molecule has 0 radical (unpaired) electrons. The number of rotatable bonds is 8. The average Bonchev–Trinajstić information content (AvgIpc) is 2.63. The lowest BCUT2D eigenvalue weighted by Crippen LogP contribution is -2.26. The van der Waals surface area contributed by atoms with E-state index in [9.17, 15) is 0 Å². The summed E-state index contributed by atoms with van der Waals surface area (Å²) in [5, 5.41) is 3.28. The van der Waals surface area contributed by atoms with Crippen molar-refractivity contribution in [1.82, 2.24) is 5.32 Å². The van der Waals surface area contributed by atoms with E-state index in [1.54, 1.807) is 0 Å². The lowest BCUT2D eigenvalue weighted by molar-refractivity contribution is 0.448. The standard InChI is InChI=1S/C14H23Cl2N3/c15-14(16,7-9-18)11-12(5-4-8-17)13-6-2-1-3-10-19-13/h1-3,6,10,12,19H,4-5,7-9,11,17-18H2. The highest BCUT2D eigenvalue weighted by molar-refractivity contribution is 6.48. The van der Waals surface area contributed by atoms with Gasteiger partial charge in [-0.25, -0.2) is 0 Å². The van der Waals surface area contributed by atoms with Crippen LogP contribution in [0.15, 0.2) is 36.2 Å². The maximum absolute atomic E-state index is 6.33. The second kappa shape index (κ2) is 8.64. The van der Waals surface area contributed by atoms with Crippen LogP contribution in [-0.4, -0.2) is 17.4 Å². The molecule has 5 heteroatoms. The van der Waals surface area contributed by atoms with Crippen LogP contribution in [0.2, 0.25) is 0 Å². The van der Waals surface area contributed by atoms with Crippen LogP contribution in [0.1, 0.15) is 25.7 Å². The second-order valence-electron chi connectivity index (χ2n) is 4.74. The van der Waals surface area contributed by atoms with Crippen molar-refractivity contribution >= 4 is 23.2 Å². The van der Waals surface area contributed by atoms with E-state index in [0.717, 1.165) is 18.5 Å². The van der Waals surface area contributed by atoms with Crippen LogP contribution in [-0.2, 0) is 0 Å². The van der Waals surface area contributed by atoms with Crippen molar-refractivity contribution in [1.29, 1.82) is 0 Å². The van der Waals surface area contributed by atoms with Gasteiger partial charge in [0.15, 0.2) is 0 Å².